The Morgan fingerprint density at radius 1 is 1.23 bits per heavy atom. The van der Waals surface area contributed by atoms with E-state index in [0.717, 1.165) is 12.8 Å². The highest BCUT2D eigenvalue weighted by atomic mass is 16.6. The van der Waals surface area contributed by atoms with Crippen molar-refractivity contribution in [3.05, 3.63) is 64.2 Å². The van der Waals surface area contributed by atoms with Gasteiger partial charge in [0.15, 0.2) is 11.9 Å². The third-order valence-corrected chi connectivity index (χ3v) is 4.41. The van der Waals surface area contributed by atoms with E-state index >= 15 is 0 Å². The largest absolute Gasteiger partial charge is 0.472 e. The number of nitrogens with zero attached hydrogens (tertiary/aromatic N) is 1. The van der Waals surface area contributed by atoms with Crippen LogP contribution in [0.2, 0.25) is 0 Å². The fourth-order valence-electron chi connectivity index (χ4n) is 2.86. The third-order valence-electron chi connectivity index (χ3n) is 4.41. The molecule has 3 rings (SSSR count). The fraction of sp³-hybridized carbons (Fsp3) is 0.333. The molecular formula is C21H21NO8. The Bertz CT molecular complexity index is 923. The molecule has 1 aliphatic heterocycles. The molecule has 2 atom stereocenters. The third kappa shape index (κ3) is 5.54. The van der Waals surface area contributed by atoms with Crippen molar-refractivity contribution in [3.8, 4) is 11.5 Å². The zero-order chi connectivity index (χ0) is 21.5. The predicted octanol–water partition coefficient (Wildman–Crippen LogP) is 3.30. The molecule has 0 amide bonds. The van der Waals surface area contributed by atoms with Gasteiger partial charge < -0.3 is 18.9 Å². The van der Waals surface area contributed by atoms with E-state index in [1.807, 2.05) is 0 Å². The van der Waals surface area contributed by atoms with Crippen LogP contribution in [0.4, 0.5) is 5.69 Å². The highest BCUT2D eigenvalue weighted by molar-refractivity contribution is 5.90. The number of ether oxygens (including phenoxy) is 4. The van der Waals surface area contributed by atoms with Gasteiger partial charge in [-0.1, -0.05) is 18.2 Å². The van der Waals surface area contributed by atoms with Gasteiger partial charge in [-0.15, -0.1) is 0 Å². The van der Waals surface area contributed by atoms with Crippen LogP contribution in [0.1, 0.15) is 30.1 Å². The molecule has 1 saturated heterocycles. The van der Waals surface area contributed by atoms with Crippen molar-refractivity contribution in [2.45, 2.75) is 32.0 Å². The Hall–Kier alpha value is -3.46. The Morgan fingerprint density at radius 2 is 2.03 bits per heavy atom. The zero-order valence-corrected chi connectivity index (χ0v) is 16.3. The maximum absolute atomic E-state index is 12.3. The van der Waals surface area contributed by atoms with Crippen LogP contribution in [-0.2, 0) is 14.3 Å². The first-order valence-corrected chi connectivity index (χ1v) is 9.44. The number of carbonyl (C=O) groups excluding carboxylic acids is 2. The van der Waals surface area contributed by atoms with Crippen molar-refractivity contribution < 1.29 is 33.5 Å². The number of rotatable bonds is 8. The summed E-state index contributed by atoms with van der Waals surface area (Å²) in [4.78, 5) is 35.0. The van der Waals surface area contributed by atoms with E-state index in [1.165, 1.54) is 37.3 Å². The molecule has 0 N–H and O–H groups in total. The topological polar surface area (TPSA) is 114 Å². The molecule has 2 aromatic carbocycles. The lowest BCUT2D eigenvalue weighted by atomic mass is 10.2. The number of carbonyl (C=O) groups is 2. The van der Waals surface area contributed by atoms with Crippen LogP contribution in [0.3, 0.4) is 0 Å². The molecular weight excluding hydrogens is 394 g/mol. The van der Waals surface area contributed by atoms with E-state index in [-0.39, 0.29) is 35.5 Å². The van der Waals surface area contributed by atoms with E-state index < -0.39 is 23.0 Å². The maximum atomic E-state index is 12.3. The molecule has 1 heterocycles. The van der Waals surface area contributed by atoms with Gasteiger partial charge in [-0.3, -0.25) is 10.1 Å². The lowest BCUT2D eigenvalue weighted by Gasteiger charge is -2.14. The summed E-state index contributed by atoms with van der Waals surface area (Å²) in [7, 11) is 0. The van der Waals surface area contributed by atoms with Crippen LogP contribution >= 0.6 is 0 Å². The number of esters is 2. The van der Waals surface area contributed by atoms with Crippen LogP contribution < -0.4 is 9.47 Å². The highest BCUT2D eigenvalue weighted by Crippen LogP contribution is 2.27. The summed E-state index contributed by atoms with van der Waals surface area (Å²) < 4.78 is 21.3. The van der Waals surface area contributed by atoms with Crippen molar-refractivity contribution in [2.75, 3.05) is 13.2 Å². The lowest BCUT2D eigenvalue weighted by molar-refractivity contribution is -0.386. The van der Waals surface area contributed by atoms with E-state index in [1.54, 1.807) is 18.2 Å². The van der Waals surface area contributed by atoms with Crippen LogP contribution in [0.25, 0.3) is 0 Å². The van der Waals surface area contributed by atoms with Gasteiger partial charge in [0.1, 0.15) is 12.4 Å². The lowest BCUT2D eigenvalue weighted by Crippen LogP contribution is -2.28. The number of hydrogen-bond acceptors (Lipinski definition) is 8. The smallest absolute Gasteiger partial charge is 0.352 e. The monoisotopic (exact) mass is 415 g/mol. The van der Waals surface area contributed by atoms with E-state index in [2.05, 4.69) is 0 Å². The van der Waals surface area contributed by atoms with Gasteiger partial charge in [0.2, 0.25) is 0 Å². The van der Waals surface area contributed by atoms with E-state index in [0.29, 0.717) is 6.61 Å². The van der Waals surface area contributed by atoms with Crippen molar-refractivity contribution in [1.82, 2.24) is 0 Å². The first kappa shape index (κ1) is 21.3. The molecule has 0 aromatic heterocycles. The Balaban J connectivity index is 1.59. The SMILES string of the molecule is CC(Oc1ccccc1[N+](=O)[O-])C(=O)Oc1cccc(C(=O)OCC2CCCO2)c1. The molecule has 30 heavy (non-hydrogen) atoms. The summed E-state index contributed by atoms with van der Waals surface area (Å²) in [5.74, 6) is -1.23. The summed E-state index contributed by atoms with van der Waals surface area (Å²) in [6, 6.07) is 11.7. The molecule has 0 spiro atoms. The van der Waals surface area contributed by atoms with Gasteiger partial charge in [0.25, 0.3) is 0 Å². The minimum Gasteiger partial charge on any atom is -0.472 e. The average Bonchev–Trinajstić information content (AvgIpc) is 3.26. The van der Waals surface area contributed by atoms with Crippen LogP contribution in [0, 0.1) is 10.1 Å². The van der Waals surface area contributed by atoms with Crippen molar-refractivity contribution >= 4 is 17.6 Å². The molecule has 2 unspecified atom stereocenters. The summed E-state index contributed by atoms with van der Waals surface area (Å²) in [5.41, 5.74) is -0.0290. The minimum atomic E-state index is -1.11. The minimum absolute atomic E-state index is 0.0431. The number of para-hydroxylation sites is 2. The summed E-state index contributed by atoms with van der Waals surface area (Å²) in [6.45, 7) is 2.25. The van der Waals surface area contributed by atoms with Crippen LogP contribution in [-0.4, -0.2) is 42.3 Å². The van der Waals surface area contributed by atoms with E-state index in [9.17, 15) is 19.7 Å². The fourth-order valence-corrected chi connectivity index (χ4v) is 2.86. The van der Waals surface area contributed by atoms with Gasteiger partial charge in [-0.2, -0.15) is 0 Å². The van der Waals surface area contributed by atoms with Gasteiger partial charge in [-0.05, 0) is 44.0 Å². The standard InChI is InChI=1S/C21H21NO8/c1-14(29-19-10-3-2-9-18(19)22(25)26)20(23)30-16-7-4-6-15(12-16)21(24)28-13-17-8-5-11-27-17/h2-4,6-7,9-10,12,14,17H,5,8,11,13H2,1H3. The molecule has 9 heteroatoms. The molecule has 0 aliphatic carbocycles. The quantitative estimate of drug-likeness (QED) is 0.279. The van der Waals surface area contributed by atoms with Gasteiger partial charge >= 0.3 is 17.6 Å². The first-order valence-electron chi connectivity index (χ1n) is 9.44. The molecule has 0 saturated carbocycles. The second kappa shape index (κ2) is 9.84. The molecule has 1 fully saturated rings. The second-order valence-electron chi connectivity index (χ2n) is 6.67. The van der Waals surface area contributed by atoms with Crippen molar-refractivity contribution in [2.24, 2.45) is 0 Å². The molecule has 1 aliphatic rings. The van der Waals surface area contributed by atoms with Crippen LogP contribution in [0.5, 0.6) is 11.5 Å². The van der Waals surface area contributed by atoms with Gasteiger partial charge in [-0.25, -0.2) is 9.59 Å². The number of nitro groups is 1. The van der Waals surface area contributed by atoms with Crippen molar-refractivity contribution in [1.29, 1.82) is 0 Å². The first-order chi connectivity index (χ1) is 14.4. The Labute approximate surface area is 172 Å². The van der Waals surface area contributed by atoms with Crippen LogP contribution in [0.15, 0.2) is 48.5 Å². The number of hydrogen-bond donors (Lipinski definition) is 0. The molecule has 0 bridgehead atoms. The molecule has 9 nitrogen and oxygen atoms in total. The zero-order valence-electron chi connectivity index (χ0n) is 16.3. The molecule has 0 radical (unpaired) electrons. The molecule has 158 valence electrons. The second-order valence-corrected chi connectivity index (χ2v) is 6.67. The summed E-state index contributed by atoms with van der Waals surface area (Å²) >= 11 is 0. The Kier molecular flexibility index (Phi) is 6.97. The van der Waals surface area contributed by atoms with Crippen molar-refractivity contribution in [3.63, 3.8) is 0 Å². The van der Waals surface area contributed by atoms with Gasteiger partial charge in [0, 0.05) is 12.7 Å². The normalized spacial score (nSPS) is 16.5. The van der Waals surface area contributed by atoms with Gasteiger partial charge in [0.05, 0.1) is 16.6 Å². The average molecular weight is 415 g/mol. The summed E-state index contributed by atoms with van der Waals surface area (Å²) in [6.07, 6.45) is 0.596. The summed E-state index contributed by atoms with van der Waals surface area (Å²) in [5, 5.41) is 11.1. The number of nitro benzene ring substituents is 1. The predicted molar refractivity (Wildman–Crippen MR) is 105 cm³/mol. The molecule has 2 aromatic rings. The Morgan fingerprint density at radius 3 is 2.77 bits per heavy atom. The maximum Gasteiger partial charge on any atom is 0.352 e. The van der Waals surface area contributed by atoms with E-state index in [4.69, 9.17) is 18.9 Å². The number of benzene rings is 2. The highest BCUT2D eigenvalue weighted by Gasteiger charge is 2.23.